The number of unbranched alkanes of at least 4 members (excludes halogenated alkanes) is 25. The molecular weight excluding hydrogens is 990 g/mol. The number of phosphoric ester groups is 1. The fraction of sp³-hybridized carbons (Fsp3) is 0.706. The molecule has 0 aromatic rings. The standard InChI is InChI=1S/C68H118NO8P/c1-6-8-10-12-14-16-18-20-21-22-23-24-25-26-27-28-29-30-31-32-33-34-35-36-37-38-39-40-41-42-43-44-45-46-47-49-51-53-55-57-59-61-68(71)77-66(65-76-78(72,73)75-63-62-69(3,4)5)64-74-67(70)60-58-56-54-52-50-48-19-17-15-13-11-9-7-2/h8,10-11,13-14,16-17,19-21,23-24,26-27,29-30,32-33,66H,6-7,9,12,15,18,22,25,28,31,34-65H2,1-5H3/b10-8-,13-11-,16-14-,19-17-,21-20-,24-23-,27-26-,30-29-,33-32-. The third kappa shape index (κ3) is 61.9. The number of phosphoric acid groups is 1. The molecule has 78 heavy (non-hydrogen) atoms. The molecule has 0 aliphatic heterocycles. The van der Waals surface area contributed by atoms with Crippen LogP contribution in [0.5, 0.6) is 0 Å². The molecule has 0 bridgehead atoms. The summed E-state index contributed by atoms with van der Waals surface area (Å²) in [4.78, 5) is 37.8. The Hall–Kier alpha value is -3.33. The van der Waals surface area contributed by atoms with Crippen molar-refractivity contribution in [2.45, 2.75) is 264 Å². The molecule has 9 nitrogen and oxygen atoms in total. The number of nitrogens with zero attached hydrogens (tertiary/aromatic N) is 1. The van der Waals surface area contributed by atoms with Crippen LogP contribution in [0.15, 0.2) is 109 Å². The maximum atomic E-state index is 12.8. The highest BCUT2D eigenvalue weighted by Crippen LogP contribution is 2.38. The largest absolute Gasteiger partial charge is 0.756 e. The average Bonchev–Trinajstić information content (AvgIpc) is 3.40. The highest BCUT2D eigenvalue weighted by Gasteiger charge is 2.22. The summed E-state index contributed by atoms with van der Waals surface area (Å²) < 4.78 is 34.1. The van der Waals surface area contributed by atoms with E-state index in [9.17, 15) is 19.0 Å². The number of quaternary nitrogens is 1. The van der Waals surface area contributed by atoms with Gasteiger partial charge in [0.25, 0.3) is 7.82 Å². The van der Waals surface area contributed by atoms with Crippen molar-refractivity contribution in [3.63, 3.8) is 0 Å². The first-order valence-corrected chi connectivity index (χ1v) is 33.1. The Balaban J connectivity index is 3.94. The van der Waals surface area contributed by atoms with E-state index in [4.69, 9.17) is 18.5 Å². The zero-order chi connectivity index (χ0) is 57.0. The molecule has 0 radical (unpaired) electrons. The molecule has 0 saturated heterocycles. The summed E-state index contributed by atoms with van der Waals surface area (Å²) >= 11 is 0. The SMILES string of the molecule is CC/C=C\C/C=C\C/C=C\C/C=C\C/C=C\C/C=C\C/C=C\CCCCCCCCCCCCCCCCCCCCCC(=O)OC(COC(=O)CCCCCCC/C=C\C/C=C\CCC)COP(=O)([O-])OCC[N+](C)(C)C. The number of hydrogen-bond acceptors (Lipinski definition) is 8. The highest BCUT2D eigenvalue weighted by molar-refractivity contribution is 7.45. The van der Waals surface area contributed by atoms with Crippen molar-refractivity contribution in [1.82, 2.24) is 0 Å². The van der Waals surface area contributed by atoms with E-state index in [2.05, 4.69) is 123 Å². The molecule has 0 N–H and O–H groups in total. The van der Waals surface area contributed by atoms with Crippen molar-refractivity contribution in [2.75, 3.05) is 47.5 Å². The van der Waals surface area contributed by atoms with E-state index >= 15 is 0 Å². The second-order valence-electron chi connectivity index (χ2n) is 22.0. The number of ether oxygens (including phenoxy) is 2. The van der Waals surface area contributed by atoms with Crippen molar-refractivity contribution < 1.29 is 42.1 Å². The lowest BCUT2D eigenvalue weighted by Crippen LogP contribution is -2.37. The fourth-order valence-corrected chi connectivity index (χ4v) is 9.17. The minimum atomic E-state index is -4.64. The van der Waals surface area contributed by atoms with Gasteiger partial charge in [0.2, 0.25) is 0 Å². The van der Waals surface area contributed by atoms with Crippen molar-refractivity contribution in [1.29, 1.82) is 0 Å². The van der Waals surface area contributed by atoms with E-state index in [1.807, 2.05) is 21.1 Å². The van der Waals surface area contributed by atoms with Crippen LogP contribution in [0.1, 0.15) is 258 Å². The molecule has 448 valence electrons. The van der Waals surface area contributed by atoms with Gasteiger partial charge in [-0.15, -0.1) is 0 Å². The Kier molecular flexibility index (Phi) is 55.8. The molecule has 0 saturated carbocycles. The topological polar surface area (TPSA) is 111 Å². The monoisotopic (exact) mass is 1110 g/mol. The minimum Gasteiger partial charge on any atom is -0.756 e. The summed E-state index contributed by atoms with van der Waals surface area (Å²) in [6, 6.07) is 0. The van der Waals surface area contributed by atoms with Gasteiger partial charge in [-0.2, -0.15) is 0 Å². The second kappa shape index (κ2) is 58.3. The summed E-state index contributed by atoms with van der Waals surface area (Å²) in [5, 5.41) is 0. The van der Waals surface area contributed by atoms with Gasteiger partial charge in [-0.05, 0) is 96.3 Å². The molecule has 0 fully saturated rings. The second-order valence-corrected chi connectivity index (χ2v) is 23.4. The average molecular weight is 1110 g/mol. The number of likely N-dealkylation sites (N-methyl/N-ethyl adjacent to an activating group) is 1. The van der Waals surface area contributed by atoms with Gasteiger partial charge in [-0.3, -0.25) is 14.2 Å². The Bertz CT molecular complexity index is 1680. The molecule has 0 aromatic heterocycles. The van der Waals surface area contributed by atoms with Gasteiger partial charge in [-0.25, -0.2) is 0 Å². The van der Waals surface area contributed by atoms with Crippen LogP contribution in [0, 0.1) is 0 Å². The van der Waals surface area contributed by atoms with E-state index in [0.717, 1.165) is 109 Å². The van der Waals surface area contributed by atoms with Crippen LogP contribution >= 0.6 is 7.82 Å². The molecule has 0 aliphatic rings. The first-order chi connectivity index (χ1) is 38.0. The van der Waals surface area contributed by atoms with Crippen molar-refractivity contribution in [3.8, 4) is 0 Å². The van der Waals surface area contributed by atoms with Crippen LogP contribution in [-0.4, -0.2) is 70.0 Å². The van der Waals surface area contributed by atoms with Gasteiger partial charge in [0.05, 0.1) is 27.7 Å². The van der Waals surface area contributed by atoms with E-state index in [-0.39, 0.29) is 26.1 Å². The van der Waals surface area contributed by atoms with Gasteiger partial charge in [0.1, 0.15) is 19.8 Å². The summed E-state index contributed by atoms with van der Waals surface area (Å²) in [7, 11) is 1.15. The zero-order valence-electron chi connectivity index (χ0n) is 50.8. The van der Waals surface area contributed by atoms with Crippen LogP contribution < -0.4 is 4.89 Å². The molecule has 10 heteroatoms. The molecule has 2 atom stereocenters. The van der Waals surface area contributed by atoms with Gasteiger partial charge in [0.15, 0.2) is 6.10 Å². The van der Waals surface area contributed by atoms with Crippen LogP contribution in [-0.2, 0) is 32.7 Å². The lowest BCUT2D eigenvalue weighted by Gasteiger charge is -2.28. The number of carbonyl (C=O) groups excluding carboxylic acids is 2. The molecule has 0 amide bonds. The Morgan fingerprint density at radius 1 is 0.410 bits per heavy atom. The lowest BCUT2D eigenvalue weighted by atomic mass is 10.0. The minimum absolute atomic E-state index is 0.0356. The molecular formula is C68H118NO8P. The Morgan fingerprint density at radius 2 is 0.731 bits per heavy atom. The maximum Gasteiger partial charge on any atom is 0.306 e. The lowest BCUT2D eigenvalue weighted by molar-refractivity contribution is -0.870. The predicted molar refractivity (Wildman–Crippen MR) is 332 cm³/mol. The highest BCUT2D eigenvalue weighted by atomic mass is 31.2. The number of allylic oxidation sites excluding steroid dienone is 18. The molecule has 0 aliphatic carbocycles. The van der Waals surface area contributed by atoms with Crippen LogP contribution in [0.4, 0.5) is 0 Å². The first-order valence-electron chi connectivity index (χ1n) is 31.6. The summed E-state index contributed by atoms with van der Waals surface area (Å²) in [5.41, 5.74) is 0. The van der Waals surface area contributed by atoms with E-state index in [0.29, 0.717) is 23.9 Å². The quantitative estimate of drug-likeness (QED) is 0.0195. The number of esters is 2. The number of rotatable bonds is 57. The molecule has 2 unspecified atom stereocenters. The van der Waals surface area contributed by atoms with Gasteiger partial charge < -0.3 is 27.9 Å². The van der Waals surface area contributed by atoms with Crippen LogP contribution in [0.25, 0.3) is 0 Å². The third-order valence-electron chi connectivity index (χ3n) is 13.3. The summed E-state index contributed by atoms with van der Waals surface area (Å²) in [6.45, 7) is 4.04. The maximum absolute atomic E-state index is 12.8. The molecule has 0 heterocycles. The normalized spacial score (nSPS) is 14.0. The Labute approximate surface area is 480 Å². The van der Waals surface area contributed by atoms with Crippen molar-refractivity contribution >= 4 is 19.8 Å². The predicted octanol–water partition coefficient (Wildman–Crippen LogP) is 19.5. The summed E-state index contributed by atoms with van der Waals surface area (Å²) in [6.07, 6.45) is 81.7. The van der Waals surface area contributed by atoms with E-state index in [1.54, 1.807) is 0 Å². The van der Waals surface area contributed by atoms with Gasteiger partial charge in [-0.1, -0.05) is 258 Å². The molecule has 0 aromatic carbocycles. The van der Waals surface area contributed by atoms with Gasteiger partial charge in [0, 0.05) is 12.8 Å². The number of carbonyl (C=O) groups is 2. The number of hydrogen-bond donors (Lipinski definition) is 0. The smallest absolute Gasteiger partial charge is 0.306 e. The fourth-order valence-electron chi connectivity index (χ4n) is 8.44. The van der Waals surface area contributed by atoms with E-state index < -0.39 is 32.5 Å². The van der Waals surface area contributed by atoms with Crippen LogP contribution in [0.3, 0.4) is 0 Å². The summed E-state index contributed by atoms with van der Waals surface area (Å²) in [5.74, 6) is -0.848. The van der Waals surface area contributed by atoms with Crippen molar-refractivity contribution in [3.05, 3.63) is 109 Å². The zero-order valence-corrected chi connectivity index (χ0v) is 51.7. The first kappa shape index (κ1) is 74.7. The molecule has 0 rings (SSSR count). The third-order valence-corrected chi connectivity index (χ3v) is 14.2. The van der Waals surface area contributed by atoms with Crippen LogP contribution in [0.2, 0.25) is 0 Å². The van der Waals surface area contributed by atoms with Crippen molar-refractivity contribution in [2.24, 2.45) is 0 Å². The molecule has 0 spiro atoms. The Morgan fingerprint density at radius 3 is 1.09 bits per heavy atom. The van der Waals surface area contributed by atoms with E-state index in [1.165, 1.54) is 109 Å². The van der Waals surface area contributed by atoms with Gasteiger partial charge >= 0.3 is 11.9 Å².